The molecule has 4 heterocycles. The van der Waals surface area contributed by atoms with Crippen LogP contribution < -0.4 is 22.8 Å². The van der Waals surface area contributed by atoms with E-state index in [4.69, 9.17) is 20.9 Å². The number of anilines is 2. The average molecular weight is 450 g/mol. The average Bonchev–Trinajstić information content (AvgIpc) is 2.73. The number of ether oxygens (including phenoxy) is 2. The molecule has 2 aromatic heterocycles. The summed E-state index contributed by atoms with van der Waals surface area (Å²) in [4.78, 5) is 30.4. The highest BCUT2D eigenvalue weighted by Gasteiger charge is 2.29. The zero-order chi connectivity index (χ0) is 23.4. The molecule has 176 valence electrons. The van der Waals surface area contributed by atoms with Gasteiger partial charge in [0, 0.05) is 12.4 Å². The molecule has 0 amide bonds. The number of rotatable bonds is 2. The van der Waals surface area contributed by atoms with E-state index in [1.165, 1.54) is 9.13 Å². The van der Waals surface area contributed by atoms with E-state index in [1.54, 1.807) is 38.4 Å². The number of nitrogen functional groups attached to an aromatic ring is 2. The fourth-order valence-corrected chi connectivity index (χ4v) is 3.61. The number of aliphatic hydroxyl groups is 2. The van der Waals surface area contributed by atoms with Crippen LogP contribution in [0.3, 0.4) is 0 Å². The summed E-state index contributed by atoms with van der Waals surface area (Å²) in [5.41, 5.74) is 9.96. The molecule has 2 aliphatic rings. The second-order valence-electron chi connectivity index (χ2n) is 7.97. The number of hydrogen-bond acceptors (Lipinski definition) is 10. The smallest absolute Gasteiger partial charge is 0.351 e. The Hall–Kier alpha value is -2.80. The van der Waals surface area contributed by atoms with Crippen LogP contribution in [0.2, 0.25) is 0 Å². The molecule has 32 heavy (non-hydrogen) atoms. The van der Waals surface area contributed by atoms with E-state index in [1.807, 2.05) is 0 Å². The Kier molecular flexibility index (Phi) is 7.61. The molecular formula is C20H30N6O6. The highest BCUT2D eigenvalue weighted by Crippen LogP contribution is 2.26. The van der Waals surface area contributed by atoms with E-state index in [0.717, 1.165) is 0 Å². The molecule has 2 fully saturated rings. The molecule has 0 saturated carbocycles. The Balaban J connectivity index is 0.000000181. The van der Waals surface area contributed by atoms with E-state index in [-0.39, 0.29) is 36.3 Å². The first-order chi connectivity index (χ1) is 15.2. The molecule has 0 aliphatic carbocycles. The molecule has 2 saturated heterocycles. The van der Waals surface area contributed by atoms with Crippen molar-refractivity contribution in [3.63, 3.8) is 0 Å². The number of nitrogens with two attached hydrogens (primary N) is 2. The first-order valence-corrected chi connectivity index (χ1v) is 10.5. The minimum atomic E-state index is -0.464. The maximum absolute atomic E-state index is 11.6. The minimum absolute atomic E-state index is 0.199. The molecule has 12 nitrogen and oxygen atoms in total. The quantitative estimate of drug-likeness (QED) is 0.477. The topological polar surface area (TPSA) is 181 Å². The SMILES string of the molecule is C[C@H]1O[C@@H](n2ccc(N)nc2=O)CC[C@@H]1O.C[C@H]1O[C@@H](n2ccc(N)nc2=O)CC[C@@H]1O. The second kappa shape index (κ2) is 10.2. The van der Waals surface area contributed by atoms with Gasteiger partial charge in [0.15, 0.2) is 0 Å². The summed E-state index contributed by atoms with van der Waals surface area (Å²) in [5.74, 6) is 0.398. The van der Waals surface area contributed by atoms with Gasteiger partial charge in [-0.3, -0.25) is 9.13 Å². The lowest BCUT2D eigenvalue weighted by atomic mass is 10.1. The predicted molar refractivity (Wildman–Crippen MR) is 115 cm³/mol. The van der Waals surface area contributed by atoms with Crippen molar-refractivity contribution in [3.8, 4) is 0 Å². The van der Waals surface area contributed by atoms with Gasteiger partial charge in [-0.25, -0.2) is 9.59 Å². The zero-order valence-corrected chi connectivity index (χ0v) is 18.1. The Bertz CT molecular complexity index is 945. The molecule has 6 atom stereocenters. The Morgan fingerprint density at radius 3 is 1.50 bits per heavy atom. The van der Waals surface area contributed by atoms with Crippen LogP contribution in [0, 0.1) is 0 Å². The number of hydrogen-bond donors (Lipinski definition) is 4. The predicted octanol–water partition coefficient (Wildman–Crippen LogP) is -0.232. The summed E-state index contributed by atoms with van der Waals surface area (Å²) < 4.78 is 13.9. The van der Waals surface area contributed by atoms with Crippen molar-refractivity contribution in [3.05, 3.63) is 45.5 Å². The van der Waals surface area contributed by atoms with Crippen LogP contribution >= 0.6 is 0 Å². The van der Waals surface area contributed by atoms with Gasteiger partial charge >= 0.3 is 11.4 Å². The van der Waals surface area contributed by atoms with Crippen molar-refractivity contribution in [1.82, 2.24) is 19.1 Å². The molecule has 2 aromatic rings. The van der Waals surface area contributed by atoms with Crippen molar-refractivity contribution in [2.45, 2.75) is 76.4 Å². The van der Waals surface area contributed by atoms with Gasteiger partial charge in [-0.1, -0.05) is 0 Å². The third kappa shape index (κ3) is 5.71. The van der Waals surface area contributed by atoms with E-state index >= 15 is 0 Å². The number of nitrogens with zero attached hydrogens (tertiary/aromatic N) is 4. The van der Waals surface area contributed by atoms with Gasteiger partial charge in [-0.05, 0) is 51.7 Å². The molecule has 12 heteroatoms. The lowest BCUT2D eigenvalue weighted by Crippen LogP contribution is -2.38. The summed E-state index contributed by atoms with van der Waals surface area (Å²) in [5, 5.41) is 19.0. The van der Waals surface area contributed by atoms with E-state index in [0.29, 0.717) is 25.7 Å². The van der Waals surface area contributed by atoms with Gasteiger partial charge < -0.3 is 31.2 Å². The number of aliphatic hydroxyl groups excluding tert-OH is 2. The fourth-order valence-electron chi connectivity index (χ4n) is 3.61. The molecule has 0 radical (unpaired) electrons. The zero-order valence-electron chi connectivity index (χ0n) is 18.1. The Labute approximate surface area is 184 Å². The maximum Gasteiger partial charge on any atom is 0.351 e. The molecule has 0 unspecified atom stereocenters. The van der Waals surface area contributed by atoms with Crippen LogP contribution in [-0.2, 0) is 9.47 Å². The van der Waals surface area contributed by atoms with Crippen LogP contribution in [0.25, 0.3) is 0 Å². The van der Waals surface area contributed by atoms with E-state index in [9.17, 15) is 19.8 Å². The largest absolute Gasteiger partial charge is 0.390 e. The lowest BCUT2D eigenvalue weighted by molar-refractivity contribution is -0.139. The van der Waals surface area contributed by atoms with Crippen LogP contribution in [0.15, 0.2) is 34.1 Å². The summed E-state index contributed by atoms with van der Waals surface area (Å²) in [6.07, 6.45) is 3.35. The van der Waals surface area contributed by atoms with Crippen LogP contribution in [0.1, 0.15) is 52.0 Å². The van der Waals surface area contributed by atoms with Crippen LogP contribution in [0.4, 0.5) is 11.6 Å². The van der Waals surface area contributed by atoms with Gasteiger partial charge in [0.25, 0.3) is 0 Å². The first kappa shape index (κ1) is 23.9. The maximum atomic E-state index is 11.6. The summed E-state index contributed by atoms with van der Waals surface area (Å²) >= 11 is 0. The summed E-state index contributed by atoms with van der Waals surface area (Å²) in [6, 6.07) is 3.11. The van der Waals surface area contributed by atoms with Crippen molar-refractivity contribution in [2.24, 2.45) is 0 Å². The molecule has 0 bridgehead atoms. The van der Waals surface area contributed by atoms with Crippen molar-refractivity contribution in [1.29, 1.82) is 0 Å². The molecule has 4 rings (SSSR count). The molecule has 6 N–H and O–H groups in total. The van der Waals surface area contributed by atoms with Crippen molar-refractivity contribution >= 4 is 11.6 Å². The summed E-state index contributed by atoms with van der Waals surface area (Å²) in [6.45, 7) is 3.57. The van der Waals surface area contributed by atoms with E-state index in [2.05, 4.69) is 9.97 Å². The van der Waals surface area contributed by atoms with Crippen molar-refractivity contribution < 1.29 is 19.7 Å². The third-order valence-electron chi connectivity index (χ3n) is 5.57. The monoisotopic (exact) mass is 450 g/mol. The summed E-state index contributed by atoms with van der Waals surface area (Å²) in [7, 11) is 0. The molecule has 0 spiro atoms. The highest BCUT2D eigenvalue weighted by atomic mass is 16.5. The van der Waals surface area contributed by atoms with Crippen molar-refractivity contribution in [2.75, 3.05) is 11.5 Å². The number of aromatic nitrogens is 4. The first-order valence-electron chi connectivity index (χ1n) is 10.5. The standard InChI is InChI=1S/2C10H15N3O3/c2*1-6-7(14)2-3-9(16-6)13-5-4-8(11)12-10(13)15/h2*4-7,9,14H,2-3H2,1H3,(H2,11,12,15)/t2*6-,7+,9-/m11/s1. The third-order valence-corrected chi connectivity index (χ3v) is 5.57. The van der Waals surface area contributed by atoms with Gasteiger partial charge in [0.2, 0.25) is 0 Å². The normalized spacial score (nSPS) is 30.2. The molecular weight excluding hydrogens is 420 g/mol. The van der Waals surface area contributed by atoms with Gasteiger partial charge in [0.1, 0.15) is 24.1 Å². The molecule has 2 aliphatic heterocycles. The lowest BCUT2D eigenvalue weighted by Gasteiger charge is -2.32. The van der Waals surface area contributed by atoms with E-state index < -0.39 is 23.6 Å². The molecule has 0 aromatic carbocycles. The van der Waals surface area contributed by atoms with Gasteiger partial charge in [-0.2, -0.15) is 9.97 Å². The highest BCUT2D eigenvalue weighted by molar-refractivity contribution is 5.24. The Morgan fingerprint density at radius 2 is 1.19 bits per heavy atom. The second-order valence-corrected chi connectivity index (χ2v) is 7.97. The minimum Gasteiger partial charge on any atom is -0.390 e. The van der Waals surface area contributed by atoms with Gasteiger partial charge in [0.05, 0.1) is 24.4 Å². The van der Waals surface area contributed by atoms with Gasteiger partial charge in [-0.15, -0.1) is 0 Å². The Morgan fingerprint density at radius 1 is 0.812 bits per heavy atom. The van der Waals surface area contributed by atoms with Crippen LogP contribution in [0.5, 0.6) is 0 Å². The van der Waals surface area contributed by atoms with Crippen LogP contribution in [-0.4, -0.2) is 53.7 Å². The fraction of sp³-hybridized carbons (Fsp3) is 0.600.